The van der Waals surface area contributed by atoms with E-state index in [2.05, 4.69) is 36.2 Å². The number of aromatic nitrogens is 3. The molecule has 0 fully saturated rings. The van der Waals surface area contributed by atoms with Crippen molar-refractivity contribution in [3.8, 4) is 16.9 Å². The second-order valence-electron chi connectivity index (χ2n) is 11.0. The molecule has 0 aliphatic rings. The minimum absolute atomic E-state index is 0.00166. The highest BCUT2D eigenvalue weighted by atomic mass is 32.1. The number of rotatable bonds is 7. The number of pyridine rings is 1. The molecule has 2 amide bonds. The second kappa shape index (κ2) is 11.2. The minimum Gasteiger partial charge on any atom is -0.471 e. The van der Waals surface area contributed by atoms with E-state index in [1.54, 1.807) is 30.5 Å². The first-order valence-corrected chi connectivity index (χ1v) is 14.0. The van der Waals surface area contributed by atoms with Crippen molar-refractivity contribution in [1.82, 2.24) is 14.8 Å². The van der Waals surface area contributed by atoms with Crippen LogP contribution in [0.2, 0.25) is 0 Å². The van der Waals surface area contributed by atoms with Crippen LogP contribution in [-0.4, -0.2) is 26.6 Å². The molecule has 222 valence electrons. The molecule has 0 aliphatic carbocycles. The molecule has 3 aromatic heterocycles. The number of ether oxygens (including phenoxy) is 1. The Hall–Kier alpha value is -4.71. The zero-order chi connectivity index (χ0) is 31.1. The molecular weight excluding hydrogens is 579 g/mol. The summed E-state index contributed by atoms with van der Waals surface area (Å²) in [7, 11) is 0. The van der Waals surface area contributed by atoms with E-state index in [0.717, 1.165) is 17.2 Å². The van der Waals surface area contributed by atoms with Crippen LogP contribution in [0.25, 0.3) is 21.3 Å². The van der Waals surface area contributed by atoms with Crippen LogP contribution < -0.4 is 15.8 Å². The lowest BCUT2D eigenvalue weighted by Crippen LogP contribution is -2.18. The lowest BCUT2D eigenvalue weighted by atomic mass is 9.87. The number of fused-ring (bicyclic) bond motifs is 1. The van der Waals surface area contributed by atoms with Crippen LogP contribution in [0.1, 0.15) is 57.8 Å². The van der Waals surface area contributed by atoms with Crippen molar-refractivity contribution in [2.75, 3.05) is 5.32 Å². The largest absolute Gasteiger partial charge is 0.471 e. The van der Waals surface area contributed by atoms with E-state index in [1.807, 2.05) is 31.2 Å². The number of hydrogen-bond acceptors (Lipinski definition) is 6. The Bertz CT molecular complexity index is 1820. The zero-order valence-corrected chi connectivity index (χ0v) is 24.6. The van der Waals surface area contributed by atoms with E-state index in [9.17, 15) is 22.8 Å². The summed E-state index contributed by atoms with van der Waals surface area (Å²) >= 11 is 0.679. The van der Waals surface area contributed by atoms with Gasteiger partial charge in [0, 0.05) is 11.6 Å². The fourth-order valence-electron chi connectivity index (χ4n) is 4.42. The number of nitrogens with one attached hydrogen (secondary N) is 1. The predicted molar refractivity (Wildman–Crippen MR) is 159 cm³/mol. The van der Waals surface area contributed by atoms with E-state index in [1.165, 1.54) is 10.7 Å². The van der Waals surface area contributed by atoms with Gasteiger partial charge in [-0.15, -0.1) is 11.3 Å². The summed E-state index contributed by atoms with van der Waals surface area (Å²) in [6.07, 6.45) is -3.19. The number of alkyl halides is 3. The van der Waals surface area contributed by atoms with E-state index in [4.69, 9.17) is 10.5 Å². The Morgan fingerprint density at radius 2 is 1.70 bits per heavy atom. The van der Waals surface area contributed by atoms with Crippen molar-refractivity contribution in [2.24, 2.45) is 5.73 Å². The third kappa shape index (κ3) is 6.38. The number of anilines is 1. The van der Waals surface area contributed by atoms with E-state index >= 15 is 0 Å². The molecule has 0 radical (unpaired) electrons. The van der Waals surface area contributed by atoms with Crippen LogP contribution in [0.5, 0.6) is 5.75 Å². The van der Waals surface area contributed by atoms with Crippen LogP contribution >= 0.6 is 11.3 Å². The van der Waals surface area contributed by atoms with Gasteiger partial charge in [-0.25, -0.2) is 9.67 Å². The van der Waals surface area contributed by atoms with Crippen molar-refractivity contribution in [2.45, 2.75) is 46.0 Å². The van der Waals surface area contributed by atoms with Crippen molar-refractivity contribution in [3.63, 3.8) is 0 Å². The van der Waals surface area contributed by atoms with E-state index in [-0.39, 0.29) is 44.2 Å². The van der Waals surface area contributed by atoms with Gasteiger partial charge in [0.1, 0.15) is 21.2 Å². The molecule has 8 nitrogen and oxygen atoms in total. The first kappa shape index (κ1) is 29.8. The summed E-state index contributed by atoms with van der Waals surface area (Å²) in [5.41, 5.74) is 7.09. The summed E-state index contributed by atoms with van der Waals surface area (Å²) in [5, 5.41) is 7.08. The van der Waals surface area contributed by atoms with Gasteiger partial charge in [0.05, 0.1) is 5.69 Å². The summed E-state index contributed by atoms with van der Waals surface area (Å²) in [6, 6.07) is 16.9. The molecule has 3 N–H and O–H groups in total. The fraction of sp³-hybridized carbons (Fsp3) is 0.226. The molecule has 5 aromatic rings. The van der Waals surface area contributed by atoms with Crippen LogP contribution in [-0.2, 0) is 18.3 Å². The van der Waals surface area contributed by atoms with Crippen LogP contribution in [0.15, 0.2) is 66.9 Å². The Morgan fingerprint density at radius 1 is 1.02 bits per heavy atom. The predicted octanol–water partition coefficient (Wildman–Crippen LogP) is 7.17. The third-order valence-corrected chi connectivity index (χ3v) is 7.83. The Kier molecular flexibility index (Phi) is 7.74. The minimum atomic E-state index is -4.74. The van der Waals surface area contributed by atoms with Gasteiger partial charge >= 0.3 is 6.18 Å². The molecule has 3 heterocycles. The number of nitrogens with zero attached hydrogens (tertiary/aromatic N) is 3. The summed E-state index contributed by atoms with van der Waals surface area (Å²) in [4.78, 5) is 29.2. The lowest BCUT2D eigenvalue weighted by molar-refractivity contribution is -0.140. The van der Waals surface area contributed by atoms with Gasteiger partial charge in [-0.1, -0.05) is 62.7 Å². The molecule has 12 heteroatoms. The highest BCUT2D eigenvalue weighted by Gasteiger charge is 2.35. The van der Waals surface area contributed by atoms with Gasteiger partial charge in [-0.2, -0.15) is 18.3 Å². The van der Waals surface area contributed by atoms with E-state index in [0.29, 0.717) is 22.6 Å². The number of hydrogen-bond donors (Lipinski definition) is 2. The molecule has 2 aromatic carbocycles. The molecular formula is C31H28F3N5O3S. The molecule has 0 saturated heterocycles. The number of thiophene rings is 1. The number of amides is 2. The molecule has 0 bridgehead atoms. The van der Waals surface area contributed by atoms with Crippen LogP contribution in [0, 0.1) is 6.92 Å². The summed E-state index contributed by atoms with van der Waals surface area (Å²) in [6.45, 7) is 8.22. The Balaban J connectivity index is 1.45. The number of carbonyl (C=O) groups is 2. The lowest BCUT2D eigenvalue weighted by Gasteiger charge is -2.19. The van der Waals surface area contributed by atoms with Gasteiger partial charge < -0.3 is 15.8 Å². The average Bonchev–Trinajstić information content (AvgIpc) is 3.56. The quantitative estimate of drug-likeness (QED) is 0.204. The molecule has 0 spiro atoms. The number of primary amides is 1. The highest BCUT2D eigenvalue weighted by Crippen LogP contribution is 2.43. The fourth-order valence-corrected chi connectivity index (χ4v) is 5.43. The molecule has 0 aliphatic heterocycles. The normalized spacial score (nSPS) is 12.0. The van der Waals surface area contributed by atoms with Crippen molar-refractivity contribution in [1.29, 1.82) is 0 Å². The highest BCUT2D eigenvalue weighted by molar-refractivity contribution is 7.21. The van der Waals surface area contributed by atoms with Crippen molar-refractivity contribution >= 4 is 39.1 Å². The van der Waals surface area contributed by atoms with Gasteiger partial charge in [0.2, 0.25) is 0 Å². The average molecular weight is 608 g/mol. The van der Waals surface area contributed by atoms with Gasteiger partial charge in [0.15, 0.2) is 12.4 Å². The monoisotopic (exact) mass is 607 g/mol. The van der Waals surface area contributed by atoms with Crippen LogP contribution in [0.3, 0.4) is 0 Å². The molecule has 0 unspecified atom stereocenters. The van der Waals surface area contributed by atoms with Gasteiger partial charge in [-0.3, -0.25) is 9.59 Å². The topological polar surface area (TPSA) is 112 Å². The SMILES string of the molecule is Cc1ccc(-c2cc(C(F)(F)F)nc3sc(C(N)=O)c(NC(=O)c4ccn(COc5ccc(C(C)(C)C)cc5)n4)c23)cc1. The molecule has 43 heavy (non-hydrogen) atoms. The zero-order valence-electron chi connectivity index (χ0n) is 23.7. The number of halogens is 3. The Labute approximate surface area is 249 Å². The maximum atomic E-state index is 13.8. The third-order valence-electron chi connectivity index (χ3n) is 6.73. The van der Waals surface area contributed by atoms with Crippen molar-refractivity contribution < 1.29 is 27.5 Å². The number of aryl methyl sites for hydroxylation is 1. The summed E-state index contributed by atoms with van der Waals surface area (Å²) in [5.74, 6) is -0.983. The van der Waals surface area contributed by atoms with Crippen molar-refractivity contribution in [3.05, 3.63) is 94.3 Å². The molecule has 0 saturated carbocycles. The van der Waals surface area contributed by atoms with Crippen LogP contribution in [0.4, 0.5) is 18.9 Å². The van der Waals surface area contributed by atoms with Gasteiger partial charge in [0.25, 0.3) is 11.8 Å². The number of carbonyl (C=O) groups excluding carboxylic acids is 2. The second-order valence-corrected chi connectivity index (χ2v) is 12.0. The maximum absolute atomic E-state index is 13.8. The number of benzene rings is 2. The summed E-state index contributed by atoms with van der Waals surface area (Å²) < 4.78 is 48.5. The first-order valence-electron chi connectivity index (χ1n) is 13.2. The van der Waals surface area contributed by atoms with Gasteiger partial charge in [-0.05, 0) is 53.3 Å². The standard InChI is InChI=1S/C31H28F3N5O3S/c1-17-5-7-18(8-6-17)21-15-23(31(32,33)34)36-29-24(21)25(26(43-29)27(35)40)37-28(41)22-13-14-39(38-22)16-42-20-11-9-19(10-12-20)30(2,3)4/h5-15H,16H2,1-4H3,(H2,35,40)(H,37,41). The Morgan fingerprint density at radius 3 is 2.30 bits per heavy atom. The molecule has 5 rings (SSSR count). The maximum Gasteiger partial charge on any atom is 0.433 e. The van der Waals surface area contributed by atoms with E-state index < -0.39 is 23.7 Å². The number of nitrogens with two attached hydrogens (primary N) is 1. The molecule has 0 atom stereocenters. The first-order chi connectivity index (χ1) is 20.2. The smallest absolute Gasteiger partial charge is 0.433 e.